The minimum atomic E-state index is -1.02. The number of benzene rings is 4. The molecule has 1 aliphatic carbocycles. The molecule has 4 aromatic carbocycles. The molecule has 0 unspecified atom stereocenters. The summed E-state index contributed by atoms with van der Waals surface area (Å²) in [4.78, 5) is 0. The Morgan fingerprint density at radius 1 is 0.439 bits per heavy atom. The summed E-state index contributed by atoms with van der Waals surface area (Å²) in [6, 6.07) is 26.7. The van der Waals surface area contributed by atoms with Crippen LogP contribution in [0.4, 0.5) is 0 Å². The smallest absolute Gasteiger partial charge is 0.168 e. The highest BCUT2D eigenvalue weighted by Gasteiger charge is 2.48. The summed E-state index contributed by atoms with van der Waals surface area (Å²) < 4.78 is 39.5. The Morgan fingerprint density at radius 3 is 1.00 bits per heavy atom. The highest BCUT2D eigenvalue weighted by atomic mass is 31.1. The summed E-state index contributed by atoms with van der Waals surface area (Å²) in [5.74, 6) is 3.09. The van der Waals surface area contributed by atoms with Gasteiger partial charge in [-0.25, -0.2) is 0 Å². The van der Waals surface area contributed by atoms with Gasteiger partial charge in [0.05, 0.1) is 41.7 Å². The molecule has 1 heterocycles. The zero-order valence-electron chi connectivity index (χ0n) is 35.9. The third kappa shape index (κ3) is 10.7. The van der Waals surface area contributed by atoms with Gasteiger partial charge in [-0.15, -0.1) is 0 Å². The fourth-order valence-corrected chi connectivity index (χ4v) is 14.6. The van der Waals surface area contributed by atoms with Crippen LogP contribution in [-0.4, -0.2) is 59.8 Å². The Morgan fingerprint density at radius 2 is 0.719 bits per heavy atom. The van der Waals surface area contributed by atoms with Gasteiger partial charge in [0.1, 0.15) is 23.0 Å². The first-order valence-electron chi connectivity index (χ1n) is 21.0. The van der Waals surface area contributed by atoms with Crippen molar-refractivity contribution in [2.24, 2.45) is 5.41 Å². The van der Waals surface area contributed by atoms with Crippen LogP contribution in [0.15, 0.2) is 72.8 Å². The van der Waals surface area contributed by atoms with E-state index in [-0.39, 0.29) is 5.41 Å². The predicted octanol–water partition coefficient (Wildman–Crippen LogP) is 10.6. The zero-order valence-corrected chi connectivity index (χ0v) is 37.7. The zero-order chi connectivity index (χ0) is 40.4. The van der Waals surface area contributed by atoms with Crippen molar-refractivity contribution < 1.29 is 28.4 Å². The lowest BCUT2D eigenvalue weighted by atomic mass is 9.91. The van der Waals surface area contributed by atoms with Crippen molar-refractivity contribution in [2.45, 2.75) is 104 Å². The van der Waals surface area contributed by atoms with E-state index < -0.39 is 21.6 Å². The number of rotatable bonds is 12. The Bertz CT molecular complexity index is 1680. The molecule has 1 saturated carbocycles. The largest absolute Gasteiger partial charge is 0.496 e. The maximum atomic E-state index is 7.35. The van der Waals surface area contributed by atoms with Crippen LogP contribution in [0, 0.1) is 33.1 Å². The van der Waals surface area contributed by atoms with Crippen molar-refractivity contribution in [2.75, 3.05) is 54.0 Å². The Labute approximate surface area is 345 Å². The molecule has 2 fully saturated rings. The number of ether oxygens (including phenoxy) is 6. The highest BCUT2D eigenvalue weighted by molar-refractivity contribution is 7.74. The normalized spacial score (nSPS) is 17.5. The van der Waals surface area contributed by atoms with Gasteiger partial charge in [-0.1, -0.05) is 93.5 Å². The first-order chi connectivity index (χ1) is 27.6. The highest BCUT2D eigenvalue weighted by Crippen LogP contribution is 2.54. The number of methoxy groups -OCH3 is 4. The second-order valence-corrected chi connectivity index (χ2v) is 20.8. The van der Waals surface area contributed by atoms with E-state index in [0.717, 1.165) is 61.0 Å². The topological polar surface area (TPSA) is 55.4 Å². The molecule has 308 valence electrons. The molecule has 2 aliphatic rings. The lowest BCUT2D eigenvalue weighted by molar-refractivity contribution is -0.304. The molecule has 0 radical (unpaired) electrons. The van der Waals surface area contributed by atoms with Crippen LogP contribution in [0.2, 0.25) is 0 Å². The molecular formula is C49H66O6P2. The molecular weight excluding hydrogens is 746 g/mol. The molecule has 0 atom stereocenters. The first kappa shape index (κ1) is 43.4. The molecule has 4 aromatic rings. The third-order valence-corrected chi connectivity index (χ3v) is 17.7. The van der Waals surface area contributed by atoms with Gasteiger partial charge in [0, 0.05) is 39.5 Å². The van der Waals surface area contributed by atoms with Crippen molar-refractivity contribution >= 4 is 37.1 Å². The van der Waals surface area contributed by atoms with Crippen molar-refractivity contribution in [3.05, 3.63) is 95.1 Å². The van der Waals surface area contributed by atoms with Gasteiger partial charge in [0.15, 0.2) is 5.79 Å². The van der Waals surface area contributed by atoms with E-state index in [4.69, 9.17) is 28.4 Å². The van der Waals surface area contributed by atoms with Crippen molar-refractivity contribution in [1.82, 2.24) is 0 Å². The molecule has 1 spiro atoms. The van der Waals surface area contributed by atoms with Gasteiger partial charge in [0.2, 0.25) is 0 Å². The van der Waals surface area contributed by atoms with Gasteiger partial charge in [0.25, 0.3) is 0 Å². The molecule has 0 aromatic heterocycles. The molecule has 6 nitrogen and oxygen atoms in total. The quantitative estimate of drug-likeness (QED) is 0.133. The van der Waals surface area contributed by atoms with Gasteiger partial charge in [-0.05, 0) is 115 Å². The first-order valence-corrected chi connectivity index (χ1v) is 24.1. The SMILES string of the molecule is COc1cc(C)ccc1P(CC1(CP(c2ccc(C)cc2OC)c2ccc(C)cc2OC)COC2(CCCCCCCCCCC2)OC1)c1ccc(C)cc1OC. The number of aryl methyl sites for hydroxylation is 4. The second kappa shape index (κ2) is 20.2. The summed E-state index contributed by atoms with van der Waals surface area (Å²) in [7, 11) is 5.14. The molecule has 1 saturated heterocycles. The second-order valence-electron chi connectivity index (χ2n) is 16.5. The minimum absolute atomic E-state index is 0.371. The molecule has 8 heteroatoms. The summed E-state index contributed by atoms with van der Waals surface area (Å²) in [6.07, 6.45) is 14.9. The average molecular weight is 813 g/mol. The van der Waals surface area contributed by atoms with Crippen LogP contribution >= 0.6 is 15.8 Å². The molecule has 0 bridgehead atoms. The van der Waals surface area contributed by atoms with Crippen LogP contribution in [0.3, 0.4) is 0 Å². The molecule has 57 heavy (non-hydrogen) atoms. The summed E-state index contributed by atoms with van der Waals surface area (Å²) >= 11 is 0. The fourth-order valence-electron chi connectivity index (χ4n) is 8.63. The molecule has 0 N–H and O–H groups in total. The monoisotopic (exact) mass is 812 g/mol. The van der Waals surface area contributed by atoms with Crippen molar-refractivity contribution in [3.63, 3.8) is 0 Å². The average Bonchev–Trinajstić information content (AvgIpc) is 3.21. The molecule has 0 amide bonds. The summed E-state index contributed by atoms with van der Waals surface area (Å²) in [5, 5.41) is 4.82. The lowest BCUT2D eigenvalue weighted by Crippen LogP contribution is -2.53. The molecule has 6 rings (SSSR count). The van der Waals surface area contributed by atoms with Crippen LogP contribution in [0.5, 0.6) is 23.0 Å². The maximum Gasteiger partial charge on any atom is 0.168 e. The van der Waals surface area contributed by atoms with E-state index in [1.807, 2.05) is 0 Å². The van der Waals surface area contributed by atoms with Gasteiger partial charge in [-0.2, -0.15) is 0 Å². The van der Waals surface area contributed by atoms with E-state index in [0.29, 0.717) is 13.2 Å². The van der Waals surface area contributed by atoms with Gasteiger partial charge < -0.3 is 28.4 Å². The van der Waals surface area contributed by atoms with E-state index >= 15 is 0 Å². The summed E-state index contributed by atoms with van der Waals surface area (Å²) in [6.45, 7) is 9.73. The van der Waals surface area contributed by atoms with E-state index in [2.05, 4.69) is 100 Å². The van der Waals surface area contributed by atoms with Crippen molar-refractivity contribution in [3.8, 4) is 23.0 Å². The van der Waals surface area contributed by atoms with Gasteiger partial charge >= 0.3 is 0 Å². The van der Waals surface area contributed by atoms with Crippen LogP contribution < -0.4 is 40.2 Å². The minimum Gasteiger partial charge on any atom is -0.496 e. The fraction of sp³-hybridized carbons (Fsp3) is 0.510. The van der Waals surface area contributed by atoms with Crippen LogP contribution in [0.1, 0.15) is 92.9 Å². The van der Waals surface area contributed by atoms with Crippen LogP contribution in [0.25, 0.3) is 0 Å². The maximum absolute atomic E-state index is 7.35. The predicted molar refractivity (Wildman–Crippen MR) is 241 cm³/mol. The van der Waals surface area contributed by atoms with E-state index in [1.54, 1.807) is 28.4 Å². The third-order valence-electron chi connectivity index (χ3n) is 11.9. The Kier molecular flexibility index (Phi) is 15.4. The number of hydrogen-bond acceptors (Lipinski definition) is 6. The van der Waals surface area contributed by atoms with Crippen molar-refractivity contribution in [1.29, 1.82) is 0 Å². The summed E-state index contributed by atoms with van der Waals surface area (Å²) in [5.41, 5.74) is 4.32. The van der Waals surface area contributed by atoms with E-state index in [1.165, 1.54) is 88.4 Å². The Hall–Kier alpha value is -3.14. The van der Waals surface area contributed by atoms with Crippen LogP contribution in [-0.2, 0) is 9.47 Å². The Balaban J connectivity index is 1.51. The standard InChI is InChI=1S/C49H66O6P2/c1-36-18-22-44(40(28-36)50-5)56(45-23-19-37(2)29-41(45)51-6)34-48(32-54-49(55-33-48)26-16-14-12-10-9-11-13-15-17-27-49)35-57(46-24-20-38(3)30-42(46)52-7)47-25-21-39(4)31-43(47)53-8/h18-25,28-31H,9-17,26-27,32-35H2,1-8H3. The van der Waals surface area contributed by atoms with Gasteiger partial charge in [-0.3, -0.25) is 0 Å². The molecule has 1 aliphatic heterocycles. The lowest BCUT2D eigenvalue weighted by Gasteiger charge is -2.49. The van der Waals surface area contributed by atoms with E-state index in [9.17, 15) is 0 Å². The number of hydrogen-bond donors (Lipinski definition) is 0.